The largest absolute Gasteiger partial charge is 0.381 e. The van der Waals surface area contributed by atoms with E-state index in [0.717, 1.165) is 25.1 Å². The van der Waals surface area contributed by atoms with Crippen LogP contribution in [0.4, 0.5) is 20.7 Å². The Kier molecular flexibility index (Phi) is 4.93. The molecule has 2 amide bonds. The molecule has 27 heavy (non-hydrogen) atoms. The van der Waals surface area contributed by atoms with Gasteiger partial charge in [-0.25, -0.2) is 14.2 Å². The van der Waals surface area contributed by atoms with Crippen molar-refractivity contribution in [3.8, 4) is 0 Å². The van der Waals surface area contributed by atoms with Gasteiger partial charge in [-0.05, 0) is 37.1 Å². The normalized spacial score (nSPS) is 16.9. The van der Waals surface area contributed by atoms with E-state index in [1.165, 1.54) is 12.3 Å². The summed E-state index contributed by atoms with van der Waals surface area (Å²) in [6, 6.07) is 11.4. The number of rotatable bonds is 3. The van der Waals surface area contributed by atoms with E-state index in [-0.39, 0.29) is 11.4 Å². The molecule has 4 rings (SSSR count). The number of ether oxygens (including phenoxy) is 1. The second-order valence-corrected chi connectivity index (χ2v) is 6.44. The van der Waals surface area contributed by atoms with Crippen LogP contribution in [0.1, 0.15) is 24.5 Å². The number of anilines is 2. The number of nitrogens with one attached hydrogen (secondary N) is 2. The van der Waals surface area contributed by atoms with Crippen molar-refractivity contribution in [2.75, 3.05) is 23.8 Å². The number of hydrogen-bond donors (Lipinski definition) is 2. The van der Waals surface area contributed by atoms with Gasteiger partial charge in [-0.1, -0.05) is 18.2 Å². The van der Waals surface area contributed by atoms with Crippen LogP contribution in [0.3, 0.4) is 0 Å². The molecule has 3 heterocycles. The first kappa shape index (κ1) is 17.4. The maximum Gasteiger partial charge on any atom is 0.324 e. The zero-order chi connectivity index (χ0) is 18.6. The molecule has 1 aliphatic rings. The molecule has 0 saturated carbocycles. The fourth-order valence-electron chi connectivity index (χ4n) is 3.24. The van der Waals surface area contributed by atoms with Crippen LogP contribution in [0.2, 0.25) is 0 Å². The molecule has 2 N–H and O–H groups in total. The third-order valence-electron chi connectivity index (χ3n) is 4.56. The van der Waals surface area contributed by atoms with Crippen LogP contribution >= 0.6 is 0 Å². The van der Waals surface area contributed by atoms with Crippen molar-refractivity contribution in [2.24, 2.45) is 0 Å². The van der Waals surface area contributed by atoms with Gasteiger partial charge in [-0.2, -0.15) is 0 Å². The molecule has 3 aromatic rings. The molecule has 1 atom stereocenters. The second kappa shape index (κ2) is 7.67. The maximum atomic E-state index is 13.9. The predicted molar refractivity (Wildman–Crippen MR) is 101 cm³/mol. The summed E-state index contributed by atoms with van der Waals surface area (Å²) in [5, 5.41) is 6.01. The Bertz CT molecular complexity index is 973. The fourth-order valence-corrected chi connectivity index (χ4v) is 3.24. The van der Waals surface area contributed by atoms with Crippen molar-refractivity contribution in [2.45, 2.75) is 18.8 Å². The quantitative estimate of drug-likeness (QED) is 0.724. The van der Waals surface area contributed by atoms with E-state index in [0.29, 0.717) is 23.5 Å². The number of urea groups is 1. The number of benzene rings is 1. The molecule has 1 saturated heterocycles. The number of carbonyl (C=O) groups is 1. The summed E-state index contributed by atoms with van der Waals surface area (Å²) in [5.41, 5.74) is 1.60. The molecule has 2 aromatic heterocycles. The van der Waals surface area contributed by atoms with Crippen molar-refractivity contribution in [1.82, 2.24) is 9.97 Å². The Morgan fingerprint density at radius 1 is 1.15 bits per heavy atom. The highest BCUT2D eigenvalue weighted by Gasteiger charge is 2.18. The molecule has 1 aliphatic heterocycles. The van der Waals surface area contributed by atoms with Gasteiger partial charge in [0.05, 0.1) is 12.3 Å². The topological polar surface area (TPSA) is 76.1 Å². The van der Waals surface area contributed by atoms with Gasteiger partial charge < -0.3 is 10.1 Å². The van der Waals surface area contributed by atoms with Gasteiger partial charge >= 0.3 is 6.03 Å². The number of nitrogens with zero attached hydrogens (tertiary/aromatic N) is 2. The van der Waals surface area contributed by atoms with E-state index >= 15 is 0 Å². The standard InChI is InChI=1S/C20H19FN4O2/c21-15-6-1-5-14-17(9-10-22-19(14)15)24-20(26)25-18-8-2-7-16(23-18)13-4-3-11-27-12-13/h1-2,5-10,13H,3-4,11-12H2,(H2,22,23,24,25,26). The fraction of sp³-hybridized carbons (Fsp3) is 0.250. The van der Waals surface area contributed by atoms with Gasteiger partial charge in [0.15, 0.2) is 0 Å². The number of aromatic nitrogens is 2. The van der Waals surface area contributed by atoms with Crippen molar-refractivity contribution in [3.05, 3.63) is 60.2 Å². The van der Waals surface area contributed by atoms with Crippen LogP contribution in [0, 0.1) is 5.82 Å². The van der Waals surface area contributed by atoms with Crippen molar-refractivity contribution in [1.29, 1.82) is 0 Å². The summed E-state index contributed by atoms with van der Waals surface area (Å²) >= 11 is 0. The molecule has 138 valence electrons. The molecule has 0 aliphatic carbocycles. The summed E-state index contributed by atoms with van der Waals surface area (Å²) in [6.07, 6.45) is 3.50. The molecule has 7 heteroatoms. The Labute approximate surface area is 155 Å². The van der Waals surface area contributed by atoms with Gasteiger partial charge in [0.2, 0.25) is 0 Å². The minimum atomic E-state index is -0.448. The van der Waals surface area contributed by atoms with Gasteiger partial charge in [0.25, 0.3) is 0 Å². The third-order valence-corrected chi connectivity index (χ3v) is 4.56. The lowest BCUT2D eigenvalue weighted by atomic mass is 9.98. The van der Waals surface area contributed by atoms with E-state index in [9.17, 15) is 9.18 Å². The zero-order valence-electron chi connectivity index (χ0n) is 14.6. The Hall–Kier alpha value is -3.06. The SMILES string of the molecule is O=C(Nc1cccc(C2CCCOC2)n1)Nc1ccnc2c(F)cccc12. The molecule has 0 spiro atoms. The van der Waals surface area contributed by atoms with Crippen LogP contribution < -0.4 is 10.6 Å². The van der Waals surface area contributed by atoms with Crippen molar-refractivity contribution in [3.63, 3.8) is 0 Å². The molecular weight excluding hydrogens is 347 g/mol. The average molecular weight is 366 g/mol. The number of fused-ring (bicyclic) bond motifs is 1. The highest BCUT2D eigenvalue weighted by molar-refractivity contribution is 6.05. The number of hydrogen-bond acceptors (Lipinski definition) is 4. The molecule has 1 aromatic carbocycles. The molecule has 6 nitrogen and oxygen atoms in total. The Morgan fingerprint density at radius 3 is 2.89 bits per heavy atom. The number of halogens is 1. The zero-order valence-corrected chi connectivity index (χ0v) is 14.6. The highest BCUT2D eigenvalue weighted by atomic mass is 19.1. The van der Waals surface area contributed by atoms with Crippen LogP contribution in [0.25, 0.3) is 10.9 Å². The van der Waals surface area contributed by atoms with Crippen molar-refractivity contribution >= 4 is 28.4 Å². The lowest BCUT2D eigenvalue weighted by Gasteiger charge is -2.21. The lowest BCUT2D eigenvalue weighted by molar-refractivity contribution is 0.0793. The van der Waals surface area contributed by atoms with Gasteiger partial charge in [-0.3, -0.25) is 10.3 Å². The summed E-state index contributed by atoms with van der Waals surface area (Å²) < 4.78 is 19.4. The first-order valence-electron chi connectivity index (χ1n) is 8.86. The van der Waals surface area contributed by atoms with Crippen LogP contribution in [-0.4, -0.2) is 29.2 Å². The van der Waals surface area contributed by atoms with E-state index in [2.05, 4.69) is 20.6 Å². The van der Waals surface area contributed by atoms with Gasteiger partial charge in [-0.15, -0.1) is 0 Å². The number of carbonyl (C=O) groups excluding carboxylic acids is 1. The Morgan fingerprint density at radius 2 is 2.04 bits per heavy atom. The number of amides is 2. The summed E-state index contributed by atoms with van der Waals surface area (Å²) in [6.45, 7) is 1.44. The summed E-state index contributed by atoms with van der Waals surface area (Å²) in [4.78, 5) is 21.0. The number of pyridine rings is 2. The van der Waals surface area contributed by atoms with E-state index < -0.39 is 11.8 Å². The smallest absolute Gasteiger partial charge is 0.324 e. The first-order chi connectivity index (χ1) is 13.2. The predicted octanol–water partition coefficient (Wildman–Crippen LogP) is 4.31. The van der Waals surface area contributed by atoms with E-state index in [1.54, 1.807) is 24.3 Å². The monoisotopic (exact) mass is 366 g/mol. The van der Waals surface area contributed by atoms with Crippen LogP contribution in [0.15, 0.2) is 48.7 Å². The van der Waals surface area contributed by atoms with Crippen LogP contribution in [-0.2, 0) is 4.74 Å². The second-order valence-electron chi connectivity index (χ2n) is 6.44. The molecule has 0 radical (unpaired) electrons. The van der Waals surface area contributed by atoms with Gasteiger partial charge in [0, 0.05) is 29.8 Å². The summed E-state index contributed by atoms with van der Waals surface area (Å²) in [5.74, 6) is 0.274. The molecule has 0 bridgehead atoms. The minimum absolute atomic E-state index is 0.215. The third kappa shape index (κ3) is 3.88. The van der Waals surface area contributed by atoms with Gasteiger partial charge in [0.1, 0.15) is 17.2 Å². The molecule has 1 unspecified atom stereocenters. The minimum Gasteiger partial charge on any atom is -0.381 e. The highest BCUT2D eigenvalue weighted by Crippen LogP contribution is 2.25. The van der Waals surface area contributed by atoms with Crippen molar-refractivity contribution < 1.29 is 13.9 Å². The average Bonchev–Trinajstić information content (AvgIpc) is 2.70. The van der Waals surface area contributed by atoms with E-state index in [1.807, 2.05) is 12.1 Å². The number of para-hydroxylation sites is 1. The lowest BCUT2D eigenvalue weighted by Crippen LogP contribution is -2.21. The molecule has 1 fully saturated rings. The van der Waals surface area contributed by atoms with E-state index in [4.69, 9.17) is 4.74 Å². The van der Waals surface area contributed by atoms with Crippen LogP contribution in [0.5, 0.6) is 0 Å². The first-order valence-corrected chi connectivity index (χ1v) is 8.86. The molecular formula is C20H19FN4O2. The maximum absolute atomic E-state index is 13.9. The summed E-state index contributed by atoms with van der Waals surface area (Å²) in [7, 11) is 0. The Balaban J connectivity index is 1.49.